The van der Waals surface area contributed by atoms with Gasteiger partial charge < -0.3 is 15.0 Å². The molecule has 3 aromatic heterocycles. The van der Waals surface area contributed by atoms with Gasteiger partial charge in [0.15, 0.2) is 5.65 Å². The summed E-state index contributed by atoms with van der Waals surface area (Å²) in [4.78, 5) is 4.60. The molecule has 0 spiro atoms. The van der Waals surface area contributed by atoms with Crippen LogP contribution in [0.4, 0.5) is 0 Å². The van der Waals surface area contributed by atoms with Crippen molar-refractivity contribution < 1.29 is 5.11 Å². The molecule has 2 atom stereocenters. The van der Waals surface area contributed by atoms with Crippen LogP contribution in [-0.4, -0.2) is 46.7 Å². The van der Waals surface area contributed by atoms with Crippen LogP contribution in [0.2, 0.25) is 0 Å². The third kappa shape index (κ3) is 2.87. The zero-order valence-corrected chi connectivity index (χ0v) is 16.7. The molecule has 0 radical (unpaired) electrons. The summed E-state index contributed by atoms with van der Waals surface area (Å²) in [6, 6.07) is 9.11. The summed E-state index contributed by atoms with van der Waals surface area (Å²) in [5, 5.41) is 27.4. The number of hydrogen-bond donors (Lipinski definition) is 2. The van der Waals surface area contributed by atoms with E-state index in [9.17, 15) is 5.11 Å². The second kappa shape index (κ2) is 6.63. The molecule has 2 aliphatic rings. The van der Waals surface area contributed by atoms with Crippen LogP contribution in [0.15, 0.2) is 43.0 Å². The maximum Gasteiger partial charge on any atom is 0.182 e. The summed E-state index contributed by atoms with van der Waals surface area (Å²) in [6.45, 7) is 0. The SMILES string of the molecule is Cn1cc(-c2ccc(-c3cc4ncn(C5CC6CCC(C5)N6)c4nn3)c(O)c2)cn1. The molecule has 2 unspecified atom stereocenters. The van der Waals surface area contributed by atoms with E-state index in [0.717, 1.165) is 35.1 Å². The highest BCUT2D eigenvalue weighted by molar-refractivity contribution is 5.79. The first-order valence-electron chi connectivity index (χ1n) is 10.4. The number of aromatic hydroxyl groups is 1. The zero-order chi connectivity index (χ0) is 20.2. The molecule has 152 valence electrons. The molecule has 1 aromatic carbocycles. The number of benzene rings is 1. The van der Waals surface area contributed by atoms with Gasteiger partial charge in [0.05, 0.1) is 18.2 Å². The lowest BCUT2D eigenvalue weighted by molar-refractivity contribution is 0.302. The number of nitrogens with one attached hydrogen (secondary N) is 1. The quantitative estimate of drug-likeness (QED) is 0.548. The maximum absolute atomic E-state index is 10.6. The summed E-state index contributed by atoms with van der Waals surface area (Å²) >= 11 is 0. The van der Waals surface area contributed by atoms with E-state index in [-0.39, 0.29) is 5.75 Å². The molecule has 30 heavy (non-hydrogen) atoms. The number of nitrogens with zero attached hydrogens (tertiary/aromatic N) is 6. The van der Waals surface area contributed by atoms with E-state index in [2.05, 4.69) is 30.2 Å². The number of phenols is 1. The summed E-state index contributed by atoms with van der Waals surface area (Å²) < 4.78 is 3.92. The van der Waals surface area contributed by atoms with E-state index < -0.39 is 0 Å². The molecule has 4 aromatic rings. The normalized spacial score (nSPS) is 23.3. The average molecular weight is 401 g/mol. The van der Waals surface area contributed by atoms with Gasteiger partial charge in [-0.25, -0.2) is 4.98 Å². The van der Waals surface area contributed by atoms with Crippen LogP contribution in [-0.2, 0) is 7.05 Å². The molecule has 2 bridgehead atoms. The van der Waals surface area contributed by atoms with Crippen molar-refractivity contribution >= 4 is 11.2 Å². The number of aryl methyl sites for hydroxylation is 1. The molecule has 8 nitrogen and oxygen atoms in total. The minimum atomic E-state index is 0.166. The summed E-state index contributed by atoms with van der Waals surface area (Å²) in [5.74, 6) is 0.166. The first-order valence-corrected chi connectivity index (χ1v) is 10.4. The minimum absolute atomic E-state index is 0.166. The second-order valence-electron chi connectivity index (χ2n) is 8.49. The van der Waals surface area contributed by atoms with Gasteiger partial charge in [0.2, 0.25) is 0 Å². The van der Waals surface area contributed by atoms with Crippen molar-refractivity contribution in [3.8, 4) is 28.1 Å². The third-order valence-electron chi connectivity index (χ3n) is 6.47. The van der Waals surface area contributed by atoms with Crippen LogP contribution in [0, 0.1) is 0 Å². The Kier molecular flexibility index (Phi) is 3.89. The van der Waals surface area contributed by atoms with E-state index in [4.69, 9.17) is 0 Å². The largest absolute Gasteiger partial charge is 0.507 e. The number of imidazole rings is 1. The van der Waals surface area contributed by atoms with Gasteiger partial charge in [-0.05, 0) is 49.4 Å². The molecule has 0 aliphatic carbocycles. The topological polar surface area (TPSA) is 93.7 Å². The fraction of sp³-hybridized carbons (Fsp3) is 0.364. The molecule has 2 aliphatic heterocycles. The summed E-state index contributed by atoms with van der Waals surface area (Å²) in [5.41, 5.74) is 4.75. The molecule has 0 amide bonds. The van der Waals surface area contributed by atoms with E-state index >= 15 is 0 Å². The Labute approximate surface area is 173 Å². The molecule has 6 rings (SSSR count). The van der Waals surface area contributed by atoms with E-state index in [1.54, 1.807) is 16.9 Å². The van der Waals surface area contributed by atoms with Crippen molar-refractivity contribution in [2.24, 2.45) is 7.05 Å². The van der Waals surface area contributed by atoms with E-state index in [0.29, 0.717) is 29.4 Å². The number of aromatic nitrogens is 6. The van der Waals surface area contributed by atoms with Crippen molar-refractivity contribution in [3.63, 3.8) is 0 Å². The third-order valence-corrected chi connectivity index (χ3v) is 6.47. The Morgan fingerprint density at radius 3 is 2.63 bits per heavy atom. The van der Waals surface area contributed by atoms with Crippen molar-refractivity contribution in [2.75, 3.05) is 0 Å². The summed E-state index contributed by atoms with van der Waals surface area (Å²) in [6.07, 6.45) is 10.3. The van der Waals surface area contributed by atoms with Crippen molar-refractivity contribution in [1.82, 2.24) is 34.8 Å². The zero-order valence-electron chi connectivity index (χ0n) is 16.7. The predicted octanol–water partition coefficient (Wildman–Crippen LogP) is 3.05. The van der Waals surface area contributed by atoms with Gasteiger partial charge >= 0.3 is 0 Å². The van der Waals surface area contributed by atoms with E-state index in [1.807, 2.05) is 37.8 Å². The van der Waals surface area contributed by atoms with Crippen LogP contribution < -0.4 is 5.32 Å². The number of rotatable bonds is 3. The van der Waals surface area contributed by atoms with E-state index in [1.165, 1.54) is 12.8 Å². The molecule has 2 saturated heterocycles. The van der Waals surface area contributed by atoms with Crippen molar-refractivity contribution in [1.29, 1.82) is 0 Å². The van der Waals surface area contributed by atoms with Crippen molar-refractivity contribution in [2.45, 2.75) is 43.8 Å². The van der Waals surface area contributed by atoms with Crippen LogP contribution in [0.5, 0.6) is 5.75 Å². The molecule has 5 heterocycles. The number of fused-ring (bicyclic) bond motifs is 3. The van der Waals surface area contributed by atoms with Crippen LogP contribution in [0.3, 0.4) is 0 Å². The lowest BCUT2D eigenvalue weighted by atomic mass is 10.00. The summed E-state index contributed by atoms with van der Waals surface area (Å²) in [7, 11) is 1.87. The molecule has 2 fully saturated rings. The first-order chi connectivity index (χ1) is 14.6. The maximum atomic E-state index is 10.6. The number of phenolic OH excluding ortho intramolecular Hbond substituents is 1. The fourth-order valence-electron chi connectivity index (χ4n) is 4.98. The van der Waals surface area contributed by atoms with Gasteiger partial charge in [-0.2, -0.15) is 5.10 Å². The highest BCUT2D eigenvalue weighted by atomic mass is 16.3. The van der Waals surface area contributed by atoms with Gasteiger partial charge in [0.1, 0.15) is 11.3 Å². The molecular formula is C22H23N7O. The second-order valence-corrected chi connectivity index (χ2v) is 8.49. The van der Waals surface area contributed by atoms with Gasteiger partial charge in [-0.1, -0.05) is 6.07 Å². The lowest BCUT2D eigenvalue weighted by Crippen LogP contribution is -2.38. The number of hydrogen-bond acceptors (Lipinski definition) is 6. The molecule has 8 heteroatoms. The van der Waals surface area contributed by atoms with Gasteiger partial charge in [-0.15, -0.1) is 10.2 Å². The van der Waals surface area contributed by atoms with Crippen molar-refractivity contribution in [3.05, 3.63) is 43.0 Å². The fourth-order valence-corrected chi connectivity index (χ4v) is 4.98. The standard InChI is InChI=1S/C22H23N7O/c1-28-11-14(10-24-28)13-2-5-18(21(30)6-13)19-9-20-22(27-26-19)29(12-23-20)17-7-15-3-4-16(8-17)25-15/h2,5-6,9-12,15-17,25,30H,3-4,7-8H2,1H3. The van der Waals surface area contributed by atoms with Crippen LogP contribution >= 0.6 is 0 Å². The molecule has 0 saturated carbocycles. The monoisotopic (exact) mass is 401 g/mol. The Bertz CT molecular complexity index is 1230. The Morgan fingerprint density at radius 2 is 1.90 bits per heavy atom. The van der Waals surface area contributed by atoms with Crippen LogP contribution in [0.25, 0.3) is 33.5 Å². The Hall–Kier alpha value is -3.26. The molecule has 2 N–H and O–H groups in total. The van der Waals surface area contributed by atoms with Gasteiger partial charge in [0, 0.05) is 42.5 Å². The smallest absolute Gasteiger partial charge is 0.182 e. The van der Waals surface area contributed by atoms with Gasteiger partial charge in [-0.3, -0.25) is 4.68 Å². The van der Waals surface area contributed by atoms with Crippen LogP contribution in [0.1, 0.15) is 31.7 Å². The Morgan fingerprint density at radius 1 is 1.07 bits per heavy atom. The first kappa shape index (κ1) is 17.6. The predicted molar refractivity (Wildman–Crippen MR) is 113 cm³/mol. The Balaban J connectivity index is 1.33. The average Bonchev–Trinajstić information content (AvgIpc) is 3.45. The molecular weight excluding hydrogens is 378 g/mol. The number of piperidine rings is 1. The minimum Gasteiger partial charge on any atom is -0.507 e. The highest BCUT2D eigenvalue weighted by Gasteiger charge is 2.34. The highest BCUT2D eigenvalue weighted by Crippen LogP contribution is 2.36. The van der Waals surface area contributed by atoms with Gasteiger partial charge in [0.25, 0.3) is 0 Å². The lowest BCUT2D eigenvalue weighted by Gasteiger charge is -2.29.